The SMILES string of the molecule is CCOc1cc(CNCCCc2nc3ccccc3[nH]2)c(Cl)cc1OC. The zero-order chi connectivity index (χ0) is 18.4. The molecule has 3 rings (SSSR count). The third kappa shape index (κ3) is 4.48. The zero-order valence-corrected chi connectivity index (χ0v) is 15.9. The predicted molar refractivity (Wildman–Crippen MR) is 105 cm³/mol. The van der Waals surface area contributed by atoms with E-state index < -0.39 is 0 Å². The van der Waals surface area contributed by atoms with Crippen molar-refractivity contribution in [1.29, 1.82) is 0 Å². The summed E-state index contributed by atoms with van der Waals surface area (Å²) in [5.41, 5.74) is 3.10. The molecule has 0 bridgehead atoms. The topological polar surface area (TPSA) is 59.2 Å². The molecule has 1 heterocycles. The van der Waals surface area contributed by atoms with Gasteiger partial charge in [-0.25, -0.2) is 4.98 Å². The van der Waals surface area contributed by atoms with Crippen molar-refractivity contribution >= 4 is 22.6 Å². The maximum Gasteiger partial charge on any atom is 0.162 e. The number of aryl methyl sites for hydroxylation is 1. The largest absolute Gasteiger partial charge is 0.493 e. The molecule has 0 unspecified atom stereocenters. The molecule has 3 aromatic rings. The fourth-order valence-electron chi connectivity index (χ4n) is 2.87. The quantitative estimate of drug-likeness (QED) is 0.547. The first kappa shape index (κ1) is 18.5. The summed E-state index contributed by atoms with van der Waals surface area (Å²) in [5.74, 6) is 2.40. The molecule has 6 heteroatoms. The summed E-state index contributed by atoms with van der Waals surface area (Å²) >= 11 is 6.34. The number of methoxy groups -OCH3 is 1. The minimum absolute atomic E-state index is 0.586. The summed E-state index contributed by atoms with van der Waals surface area (Å²) in [6, 6.07) is 11.8. The minimum Gasteiger partial charge on any atom is -0.493 e. The standard InChI is InChI=1S/C20H24ClN3O2/c1-3-26-19-11-14(15(21)12-18(19)25-2)13-22-10-6-9-20-23-16-7-4-5-8-17(16)24-20/h4-5,7-8,11-12,22H,3,6,9-10,13H2,1-2H3,(H,23,24). The normalized spacial score (nSPS) is 11.0. The van der Waals surface area contributed by atoms with Crippen molar-refractivity contribution in [1.82, 2.24) is 15.3 Å². The summed E-state index contributed by atoms with van der Waals surface area (Å²) in [5, 5.41) is 4.11. The highest BCUT2D eigenvalue weighted by atomic mass is 35.5. The number of nitrogens with zero attached hydrogens (tertiary/aromatic N) is 1. The van der Waals surface area contributed by atoms with E-state index in [4.69, 9.17) is 21.1 Å². The van der Waals surface area contributed by atoms with Gasteiger partial charge in [0.15, 0.2) is 11.5 Å². The van der Waals surface area contributed by atoms with Crippen molar-refractivity contribution in [2.75, 3.05) is 20.3 Å². The summed E-state index contributed by atoms with van der Waals surface area (Å²) in [6.07, 6.45) is 1.90. The van der Waals surface area contributed by atoms with Crippen LogP contribution in [0.25, 0.3) is 11.0 Å². The number of aromatic amines is 1. The Kier molecular flexibility index (Phi) is 6.36. The molecule has 0 fully saturated rings. The molecule has 1 aromatic heterocycles. The maximum atomic E-state index is 6.34. The number of para-hydroxylation sites is 2. The first-order chi connectivity index (χ1) is 12.7. The Hall–Kier alpha value is -2.24. The number of H-pyrrole nitrogens is 1. The van der Waals surface area contributed by atoms with Crippen molar-refractivity contribution < 1.29 is 9.47 Å². The molecule has 0 radical (unpaired) electrons. The van der Waals surface area contributed by atoms with Gasteiger partial charge in [-0.2, -0.15) is 0 Å². The number of nitrogens with one attached hydrogen (secondary N) is 2. The second-order valence-corrected chi connectivity index (χ2v) is 6.42. The number of ether oxygens (including phenoxy) is 2. The molecule has 0 aliphatic carbocycles. The lowest BCUT2D eigenvalue weighted by atomic mass is 10.2. The van der Waals surface area contributed by atoms with Crippen LogP contribution in [0.3, 0.4) is 0 Å². The molecule has 0 aliphatic heterocycles. The van der Waals surface area contributed by atoms with Crippen molar-refractivity contribution in [3.63, 3.8) is 0 Å². The molecule has 0 saturated heterocycles. The highest BCUT2D eigenvalue weighted by molar-refractivity contribution is 6.31. The number of hydrogen-bond donors (Lipinski definition) is 2. The van der Waals surface area contributed by atoms with Crippen LogP contribution in [0.5, 0.6) is 11.5 Å². The Bertz CT molecular complexity index is 830. The van der Waals surface area contributed by atoms with Gasteiger partial charge in [0.2, 0.25) is 0 Å². The minimum atomic E-state index is 0.586. The Morgan fingerprint density at radius 2 is 2.04 bits per heavy atom. The highest BCUT2D eigenvalue weighted by Crippen LogP contribution is 2.33. The van der Waals surface area contributed by atoms with Crippen LogP contribution >= 0.6 is 11.6 Å². The van der Waals surface area contributed by atoms with Gasteiger partial charge in [-0.05, 0) is 43.7 Å². The second kappa shape index (κ2) is 8.92. The highest BCUT2D eigenvalue weighted by Gasteiger charge is 2.10. The molecule has 0 aliphatic rings. The van der Waals surface area contributed by atoms with Crippen LogP contribution in [0.4, 0.5) is 0 Å². The number of imidazole rings is 1. The van der Waals surface area contributed by atoms with Gasteiger partial charge in [0.05, 0.1) is 24.8 Å². The average Bonchev–Trinajstić information content (AvgIpc) is 3.06. The first-order valence-corrected chi connectivity index (χ1v) is 9.22. The van der Waals surface area contributed by atoms with E-state index in [2.05, 4.69) is 15.3 Å². The molecule has 5 nitrogen and oxygen atoms in total. The van der Waals surface area contributed by atoms with E-state index in [9.17, 15) is 0 Å². The third-order valence-corrected chi connectivity index (χ3v) is 4.51. The van der Waals surface area contributed by atoms with Crippen LogP contribution in [-0.2, 0) is 13.0 Å². The molecule has 2 aromatic carbocycles. The van der Waals surface area contributed by atoms with Crippen LogP contribution in [0.2, 0.25) is 5.02 Å². The van der Waals surface area contributed by atoms with E-state index in [0.717, 1.165) is 47.6 Å². The van der Waals surface area contributed by atoms with E-state index >= 15 is 0 Å². The van der Waals surface area contributed by atoms with Crippen LogP contribution in [0, 0.1) is 0 Å². The molecular weight excluding hydrogens is 350 g/mol. The lowest BCUT2D eigenvalue weighted by molar-refractivity contribution is 0.310. The van der Waals surface area contributed by atoms with Gasteiger partial charge in [0, 0.05) is 24.1 Å². The molecule has 138 valence electrons. The molecule has 0 amide bonds. The fourth-order valence-corrected chi connectivity index (χ4v) is 3.09. The van der Waals surface area contributed by atoms with Gasteiger partial charge in [0.25, 0.3) is 0 Å². The van der Waals surface area contributed by atoms with Gasteiger partial charge >= 0.3 is 0 Å². The summed E-state index contributed by atoms with van der Waals surface area (Å²) in [6.45, 7) is 4.10. The van der Waals surface area contributed by atoms with Gasteiger partial charge in [0.1, 0.15) is 5.82 Å². The summed E-state index contributed by atoms with van der Waals surface area (Å²) in [7, 11) is 1.62. The number of hydrogen-bond acceptors (Lipinski definition) is 4. The number of halogens is 1. The van der Waals surface area contributed by atoms with Crippen molar-refractivity contribution in [2.45, 2.75) is 26.3 Å². The molecule has 2 N–H and O–H groups in total. The summed E-state index contributed by atoms with van der Waals surface area (Å²) in [4.78, 5) is 7.96. The Morgan fingerprint density at radius 3 is 2.81 bits per heavy atom. The second-order valence-electron chi connectivity index (χ2n) is 6.01. The lowest BCUT2D eigenvalue weighted by Crippen LogP contribution is -2.16. The predicted octanol–water partition coefficient (Wildman–Crippen LogP) is 4.35. The number of rotatable bonds is 9. The fraction of sp³-hybridized carbons (Fsp3) is 0.350. The number of aromatic nitrogens is 2. The van der Waals surface area contributed by atoms with E-state index in [1.807, 2.05) is 37.3 Å². The Labute approximate surface area is 158 Å². The van der Waals surface area contributed by atoms with Crippen LogP contribution in [0.1, 0.15) is 24.7 Å². The van der Waals surface area contributed by atoms with Gasteiger partial charge in [-0.15, -0.1) is 0 Å². The molecule has 0 atom stereocenters. The van der Waals surface area contributed by atoms with Crippen molar-refractivity contribution in [3.05, 3.63) is 52.8 Å². The molecule has 0 spiro atoms. The van der Waals surface area contributed by atoms with Crippen LogP contribution in [-0.4, -0.2) is 30.2 Å². The van der Waals surface area contributed by atoms with E-state index in [-0.39, 0.29) is 0 Å². The Balaban J connectivity index is 1.50. The lowest BCUT2D eigenvalue weighted by Gasteiger charge is -2.13. The van der Waals surface area contributed by atoms with E-state index in [1.54, 1.807) is 13.2 Å². The van der Waals surface area contributed by atoms with E-state index in [0.29, 0.717) is 23.9 Å². The molecular formula is C20H24ClN3O2. The number of benzene rings is 2. The van der Waals surface area contributed by atoms with Crippen molar-refractivity contribution in [3.8, 4) is 11.5 Å². The third-order valence-electron chi connectivity index (χ3n) is 4.15. The van der Waals surface area contributed by atoms with E-state index in [1.165, 1.54) is 0 Å². The van der Waals surface area contributed by atoms with Gasteiger partial charge < -0.3 is 19.8 Å². The maximum absolute atomic E-state index is 6.34. The average molecular weight is 374 g/mol. The number of fused-ring (bicyclic) bond motifs is 1. The Morgan fingerprint density at radius 1 is 1.19 bits per heavy atom. The van der Waals surface area contributed by atoms with Crippen LogP contribution < -0.4 is 14.8 Å². The summed E-state index contributed by atoms with van der Waals surface area (Å²) < 4.78 is 10.9. The zero-order valence-electron chi connectivity index (χ0n) is 15.1. The smallest absolute Gasteiger partial charge is 0.162 e. The molecule has 26 heavy (non-hydrogen) atoms. The van der Waals surface area contributed by atoms with Gasteiger partial charge in [-0.3, -0.25) is 0 Å². The first-order valence-electron chi connectivity index (χ1n) is 8.84. The monoisotopic (exact) mass is 373 g/mol. The molecule has 0 saturated carbocycles. The van der Waals surface area contributed by atoms with Gasteiger partial charge in [-0.1, -0.05) is 23.7 Å². The van der Waals surface area contributed by atoms with Crippen molar-refractivity contribution in [2.24, 2.45) is 0 Å². The van der Waals surface area contributed by atoms with Crippen LogP contribution in [0.15, 0.2) is 36.4 Å².